The molecule has 0 aromatic carbocycles. The van der Waals surface area contributed by atoms with Gasteiger partial charge in [-0.05, 0) is 12.5 Å². The number of nitrogens with zero attached hydrogens (tertiary/aromatic N) is 3. The molecule has 2 heterocycles. The van der Waals surface area contributed by atoms with E-state index < -0.39 is 0 Å². The third-order valence-corrected chi connectivity index (χ3v) is 2.09. The molecule has 0 aliphatic carbocycles. The van der Waals surface area contributed by atoms with Gasteiger partial charge in [0.05, 0.1) is 6.20 Å². The van der Waals surface area contributed by atoms with E-state index in [1.807, 2.05) is 18.3 Å². The second kappa shape index (κ2) is 4.09. The monoisotopic (exact) mass is 190 g/mol. The van der Waals surface area contributed by atoms with E-state index in [1.165, 1.54) is 12.8 Å². The van der Waals surface area contributed by atoms with Crippen molar-refractivity contribution in [3.8, 4) is 0 Å². The highest BCUT2D eigenvalue weighted by Crippen LogP contribution is 2.05. The fourth-order valence-corrected chi connectivity index (χ4v) is 1.30. The molecular formula is C10H14N4. The Morgan fingerprint density at radius 1 is 1.43 bits per heavy atom. The molecule has 0 unspecified atom stereocenters. The van der Waals surface area contributed by atoms with E-state index in [1.54, 1.807) is 10.7 Å². The van der Waals surface area contributed by atoms with Crippen molar-refractivity contribution < 1.29 is 0 Å². The normalized spacial score (nSPS) is 10.6. The van der Waals surface area contributed by atoms with Crippen LogP contribution in [0.25, 0.3) is 5.65 Å². The molecule has 0 bridgehead atoms. The summed E-state index contributed by atoms with van der Waals surface area (Å²) in [6, 6.07) is 3.83. The summed E-state index contributed by atoms with van der Waals surface area (Å²) < 4.78 is 1.75. The van der Waals surface area contributed by atoms with Crippen molar-refractivity contribution in [2.75, 3.05) is 11.9 Å². The Balaban J connectivity index is 2.10. The van der Waals surface area contributed by atoms with Crippen molar-refractivity contribution >= 4 is 11.5 Å². The van der Waals surface area contributed by atoms with Crippen LogP contribution in [0, 0.1) is 0 Å². The molecular weight excluding hydrogens is 176 g/mol. The van der Waals surface area contributed by atoms with Crippen LogP contribution in [0.4, 0.5) is 5.82 Å². The standard InChI is InChI=1S/C10H14N4/c1-2-3-6-11-9-5-8-14-10(13-9)4-7-12-14/h4-5,7-8H,2-3,6H2,1H3,(H,11,13). The van der Waals surface area contributed by atoms with Crippen molar-refractivity contribution in [2.45, 2.75) is 19.8 Å². The number of aromatic nitrogens is 3. The lowest BCUT2D eigenvalue weighted by atomic mass is 10.3. The van der Waals surface area contributed by atoms with Crippen molar-refractivity contribution in [2.24, 2.45) is 0 Å². The maximum absolute atomic E-state index is 4.40. The molecule has 74 valence electrons. The molecule has 0 fully saturated rings. The molecule has 2 rings (SSSR count). The number of nitrogens with one attached hydrogen (secondary N) is 1. The lowest BCUT2D eigenvalue weighted by Gasteiger charge is -2.03. The average molecular weight is 190 g/mol. The van der Waals surface area contributed by atoms with Gasteiger partial charge < -0.3 is 5.32 Å². The average Bonchev–Trinajstić information content (AvgIpc) is 2.65. The second-order valence-electron chi connectivity index (χ2n) is 3.23. The molecule has 1 N–H and O–H groups in total. The molecule has 0 saturated heterocycles. The predicted octanol–water partition coefficient (Wildman–Crippen LogP) is 1.94. The van der Waals surface area contributed by atoms with E-state index >= 15 is 0 Å². The van der Waals surface area contributed by atoms with Crippen LogP contribution in [0.5, 0.6) is 0 Å². The molecule has 0 aliphatic rings. The van der Waals surface area contributed by atoms with Gasteiger partial charge in [0, 0.05) is 18.8 Å². The lowest BCUT2D eigenvalue weighted by molar-refractivity contribution is 0.829. The predicted molar refractivity (Wildman–Crippen MR) is 56.4 cm³/mol. The molecule has 4 heteroatoms. The molecule has 0 saturated carbocycles. The summed E-state index contributed by atoms with van der Waals surface area (Å²) in [6.45, 7) is 3.16. The third-order valence-electron chi connectivity index (χ3n) is 2.09. The lowest BCUT2D eigenvalue weighted by Crippen LogP contribution is -2.03. The van der Waals surface area contributed by atoms with Gasteiger partial charge in [-0.3, -0.25) is 0 Å². The van der Waals surface area contributed by atoms with Gasteiger partial charge in [-0.2, -0.15) is 5.10 Å². The van der Waals surface area contributed by atoms with Gasteiger partial charge in [-0.25, -0.2) is 9.50 Å². The van der Waals surface area contributed by atoms with E-state index in [2.05, 4.69) is 22.3 Å². The highest BCUT2D eigenvalue weighted by Gasteiger charge is 1.96. The first-order chi connectivity index (χ1) is 6.90. The Morgan fingerprint density at radius 3 is 3.21 bits per heavy atom. The number of hydrogen-bond donors (Lipinski definition) is 1. The minimum Gasteiger partial charge on any atom is -0.370 e. The summed E-state index contributed by atoms with van der Waals surface area (Å²) in [5.74, 6) is 0.923. The van der Waals surface area contributed by atoms with Gasteiger partial charge >= 0.3 is 0 Å². The Kier molecular flexibility index (Phi) is 2.62. The number of hydrogen-bond acceptors (Lipinski definition) is 3. The smallest absolute Gasteiger partial charge is 0.157 e. The first-order valence-electron chi connectivity index (χ1n) is 4.94. The maximum Gasteiger partial charge on any atom is 0.157 e. The SMILES string of the molecule is CCCCNc1ccn2nccc2n1. The summed E-state index contributed by atoms with van der Waals surface area (Å²) in [5, 5.41) is 7.36. The van der Waals surface area contributed by atoms with Crippen LogP contribution in [0.1, 0.15) is 19.8 Å². The zero-order valence-corrected chi connectivity index (χ0v) is 8.27. The van der Waals surface area contributed by atoms with Crippen LogP contribution in [0.15, 0.2) is 24.5 Å². The van der Waals surface area contributed by atoms with Gasteiger partial charge in [0.15, 0.2) is 5.65 Å². The van der Waals surface area contributed by atoms with Crippen LogP contribution < -0.4 is 5.32 Å². The summed E-state index contributed by atoms with van der Waals surface area (Å²) in [7, 11) is 0. The molecule has 0 atom stereocenters. The minimum atomic E-state index is 0.881. The summed E-state index contributed by atoms with van der Waals surface area (Å²) in [5.41, 5.74) is 0.881. The number of anilines is 1. The Labute approximate surface area is 83.0 Å². The maximum atomic E-state index is 4.40. The van der Waals surface area contributed by atoms with E-state index in [4.69, 9.17) is 0 Å². The van der Waals surface area contributed by atoms with Gasteiger partial charge in [0.1, 0.15) is 5.82 Å². The summed E-state index contributed by atoms with van der Waals surface area (Å²) in [6.07, 6.45) is 6.03. The fourth-order valence-electron chi connectivity index (χ4n) is 1.30. The minimum absolute atomic E-state index is 0.881. The number of fused-ring (bicyclic) bond motifs is 1. The molecule has 0 radical (unpaired) electrons. The zero-order chi connectivity index (χ0) is 9.80. The molecule has 2 aromatic heterocycles. The summed E-state index contributed by atoms with van der Waals surface area (Å²) >= 11 is 0. The van der Waals surface area contributed by atoms with Crippen LogP contribution in [-0.2, 0) is 0 Å². The van der Waals surface area contributed by atoms with E-state index in [0.29, 0.717) is 0 Å². The van der Waals surface area contributed by atoms with Crippen molar-refractivity contribution in [3.05, 3.63) is 24.5 Å². The highest BCUT2D eigenvalue weighted by atomic mass is 15.2. The molecule has 2 aromatic rings. The van der Waals surface area contributed by atoms with Crippen molar-refractivity contribution in [1.82, 2.24) is 14.6 Å². The van der Waals surface area contributed by atoms with E-state index in [-0.39, 0.29) is 0 Å². The summed E-state index contributed by atoms with van der Waals surface area (Å²) in [4.78, 5) is 4.40. The first-order valence-corrected chi connectivity index (χ1v) is 4.94. The number of rotatable bonds is 4. The largest absolute Gasteiger partial charge is 0.370 e. The molecule has 0 aliphatic heterocycles. The topological polar surface area (TPSA) is 42.2 Å². The van der Waals surface area contributed by atoms with Crippen LogP contribution in [0.3, 0.4) is 0 Å². The third kappa shape index (κ3) is 1.84. The van der Waals surface area contributed by atoms with Gasteiger partial charge in [0.25, 0.3) is 0 Å². The molecule has 0 spiro atoms. The van der Waals surface area contributed by atoms with E-state index in [9.17, 15) is 0 Å². The second-order valence-corrected chi connectivity index (χ2v) is 3.23. The van der Waals surface area contributed by atoms with Crippen LogP contribution >= 0.6 is 0 Å². The van der Waals surface area contributed by atoms with Gasteiger partial charge in [-0.1, -0.05) is 13.3 Å². The fraction of sp³-hybridized carbons (Fsp3) is 0.400. The van der Waals surface area contributed by atoms with E-state index in [0.717, 1.165) is 18.0 Å². The van der Waals surface area contributed by atoms with Gasteiger partial charge in [0.2, 0.25) is 0 Å². The zero-order valence-electron chi connectivity index (χ0n) is 8.27. The van der Waals surface area contributed by atoms with Crippen molar-refractivity contribution in [3.63, 3.8) is 0 Å². The van der Waals surface area contributed by atoms with Crippen LogP contribution in [-0.4, -0.2) is 21.1 Å². The molecule has 4 nitrogen and oxygen atoms in total. The Hall–Kier alpha value is -1.58. The Bertz CT molecular complexity index is 407. The molecule has 0 amide bonds. The van der Waals surface area contributed by atoms with Crippen molar-refractivity contribution in [1.29, 1.82) is 0 Å². The quantitative estimate of drug-likeness (QED) is 0.749. The van der Waals surface area contributed by atoms with Gasteiger partial charge in [-0.15, -0.1) is 0 Å². The highest BCUT2D eigenvalue weighted by molar-refractivity contribution is 5.45. The number of unbranched alkanes of at least 4 members (excludes halogenated alkanes) is 1. The van der Waals surface area contributed by atoms with Crippen LogP contribution in [0.2, 0.25) is 0 Å². The Morgan fingerprint density at radius 2 is 2.36 bits per heavy atom. The first kappa shape index (κ1) is 8.99. The molecule has 14 heavy (non-hydrogen) atoms.